The molecule has 0 aliphatic carbocycles. The van der Waals surface area contributed by atoms with Crippen LogP contribution in [0.3, 0.4) is 0 Å². The molecular weight excluding hydrogens is 344 g/mol. The fourth-order valence-corrected chi connectivity index (χ4v) is 4.11. The Hall–Kier alpha value is -1.80. The summed E-state index contributed by atoms with van der Waals surface area (Å²) in [7, 11) is -0.927. The number of hydrogen-bond donors (Lipinski definition) is 1. The van der Waals surface area contributed by atoms with Crippen molar-refractivity contribution in [2.24, 2.45) is 0 Å². The van der Waals surface area contributed by atoms with Crippen LogP contribution in [0.2, 0.25) is 0 Å². The van der Waals surface area contributed by atoms with Crippen LogP contribution in [-0.4, -0.2) is 52.6 Å². The smallest absolute Gasteiger partial charge is 0.241 e. The number of sulfonamides is 1. The van der Waals surface area contributed by atoms with Crippen molar-refractivity contribution in [3.63, 3.8) is 0 Å². The fraction of sp³-hybridized carbons (Fsp3) is 0.588. The van der Waals surface area contributed by atoms with Crippen molar-refractivity contribution >= 4 is 15.9 Å². The van der Waals surface area contributed by atoms with Crippen LogP contribution in [0.4, 0.5) is 0 Å². The molecule has 1 N–H and O–H groups in total. The quantitative estimate of drug-likeness (QED) is 0.825. The minimum atomic E-state index is -3.84. The molecule has 0 radical (unpaired) electrons. The lowest BCUT2D eigenvalue weighted by molar-refractivity contribution is -0.132. The molecule has 1 saturated heterocycles. The van der Waals surface area contributed by atoms with Gasteiger partial charge in [0.15, 0.2) is 11.5 Å². The standard InChI is InChI=1S/C17H26N2O5S/c1-13(17(20)19-10-6-4-5-7-11-19)18-25(21,22)14-8-9-15(23-2)16(12-14)24-3/h8-9,12-13,18H,4-7,10-11H2,1-3H3. The van der Waals surface area contributed by atoms with Crippen LogP contribution >= 0.6 is 0 Å². The number of rotatable bonds is 6. The summed E-state index contributed by atoms with van der Waals surface area (Å²) in [5.74, 6) is 0.568. The predicted molar refractivity (Wildman–Crippen MR) is 94.4 cm³/mol. The van der Waals surface area contributed by atoms with Gasteiger partial charge >= 0.3 is 0 Å². The molecule has 0 aromatic heterocycles. The Balaban J connectivity index is 2.13. The van der Waals surface area contributed by atoms with E-state index < -0.39 is 16.1 Å². The van der Waals surface area contributed by atoms with Gasteiger partial charge in [-0.05, 0) is 31.9 Å². The minimum absolute atomic E-state index is 0.0284. The van der Waals surface area contributed by atoms with E-state index in [4.69, 9.17) is 9.47 Å². The Bertz CT molecular complexity index is 697. The highest BCUT2D eigenvalue weighted by Crippen LogP contribution is 2.29. The van der Waals surface area contributed by atoms with Gasteiger partial charge < -0.3 is 14.4 Å². The van der Waals surface area contributed by atoms with Crippen molar-refractivity contribution < 1.29 is 22.7 Å². The molecule has 0 saturated carbocycles. The number of benzene rings is 1. The second-order valence-electron chi connectivity index (χ2n) is 6.10. The Morgan fingerprint density at radius 2 is 1.68 bits per heavy atom. The molecule has 1 aromatic carbocycles. The van der Waals surface area contributed by atoms with Gasteiger partial charge in [0.1, 0.15) is 0 Å². The highest BCUT2D eigenvalue weighted by atomic mass is 32.2. The van der Waals surface area contributed by atoms with Gasteiger partial charge in [-0.15, -0.1) is 0 Å². The Labute approximate surface area is 149 Å². The molecule has 25 heavy (non-hydrogen) atoms. The first kappa shape index (κ1) is 19.5. The summed E-state index contributed by atoms with van der Waals surface area (Å²) in [4.78, 5) is 14.3. The van der Waals surface area contributed by atoms with Gasteiger partial charge in [0.05, 0.1) is 25.2 Å². The van der Waals surface area contributed by atoms with Gasteiger partial charge in [-0.3, -0.25) is 4.79 Å². The normalized spacial score (nSPS) is 16.8. The summed E-state index contributed by atoms with van der Waals surface area (Å²) < 4.78 is 37.9. The van der Waals surface area contributed by atoms with E-state index in [1.54, 1.807) is 11.8 Å². The molecule has 2 rings (SSSR count). The third-order valence-electron chi connectivity index (χ3n) is 4.29. The molecule has 0 spiro atoms. The highest BCUT2D eigenvalue weighted by molar-refractivity contribution is 7.89. The van der Waals surface area contributed by atoms with Crippen molar-refractivity contribution in [2.45, 2.75) is 43.5 Å². The van der Waals surface area contributed by atoms with Crippen LogP contribution < -0.4 is 14.2 Å². The number of likely N-dealkylation sites (tertiary alicyclic amines) is 1. The fourth-order valence-electron chi connectivity index (χ4n) is 2.90. The molecule has 7 nitrogen and oxygen atoms in total. The second-order valence-corrected chi connectivity index (χ2v) is 7.81. The number of carbonyl (C=O) groups excluding carboxylic acids is 1. The van der Waals surface area contributed by atoms with Gasteiger partial charge in [-0.25, -0.2) is 8.42 Å². The van der Waals surface area contributed by atoms with Crippen LogP contribution in [0.25, 0.3) is 0 Å². The number of amides is 1. The van der Waals surface area contributed by atoms with E-state index in [0.717, 1.165) is 25.7 Å². The predicted octanol–water partition coefficient (Wildman–Crippen LogP) is 1.77. The summed E-state index contributed by atoms with van der Waals surface area (Å²) in [6.45, 7) is 2.94. The zero-order chi connectivity index (χ0) is 18.4. The molecule has 1 aliphatic heterocycles. The summed E-state index contributed by atoms with van der Waals surface area (Å²) >= 11 is 0. The van der Waals surface area contributed by atoms with Crippen LogP contribution in [0.15, 0.2) is 23.1 Å². The molecule has 1 aliphatic rings. The first-order valence-corrected chi connectivity index (χ1v) is 9.90. The molecule has 1 fully saturated rings. The van der Waals surface area contributed by atoms with E-state index in [9.17, 15) is 13.2 Å². The Morgan fingerprint density at radius 1 is 1.08 bits per heavy atom. The number of nitrogens with zero attached hydrogens (tertiary/aromatic N) is 1. The average molecular weight is 370 g/mol. The maximum absolute atomic E-state index is 12.6. The van der Waals surface area contributed by atoms with Gasteiger partial charge in [0, 0.05) is 19.2 Å². The Kier molecular flexibility index (Phi) is 6.66. The van der Waals surface area contributed by atoms with Crippen molar-refractivity contribution in [2.75, 3.05) is 27.3 Å². The van der Waals surface area contributed by atoms with E-state index >= 15 is 0 Å². The lowest BCUT2D eigenvalue weighted by atomic mass is 10.2. The van der Waals surface area contributed by atoms with Gasteiger partial charge in [0.25, 0.3) is 0 Å². The van der Waals surface area contributed by atoms with Gasteiger partial charge in [-0.2, -0.15) is 4.72 Å². The largest absolute Gasteiger partial charge is 0.493 e. The average Bonchev–Trinajstić information content (AvgIpc) is 2.89. The molecule has 0 bridgehead atoms. The Morgan fingerprint density at radius 3 is 2.24 bits per heavy atom. The van der Waals surface area contributed by atoms with Crippen molar-refractivity contribution in [3.05, 3.63) is 18.2 Å². The number of ether oxygens (including phenoxy) is 2. The van der Waals surface area contributed by atoms with Crippen LogP contribution in [0.5, 0.6) is 11.5 Å². The lowest BCUT2D eigenvalue weighted by Gasteiger charge is -2.24. The molecule has 1 aromatic rings. The maximum Gasteiger partial charge on any atom is 0.241 e. The summed E-state index contributed by atoms with van der Waals surface area (Å²) in [6, 6.07) is 3.50. The number of carbonyl (C=O) groups is 1. The van der Waals surface area contributed by atoms with E-state index in [2.05, 4.69) is 4.72 Å². The first-order valence-electron chi connectivity index (χ1n) is 8.42. The van der Waals surface area contributed by atoms with Crippen molar-refractivity contribution in [1.82, 2.24) is 9.62 Å². The van der Waals surface area contributed by atoms with Crippen molar-refractivity contribution in [1.29, 1.82) is 0 Å². The van der Waals surface area contributed by atoms with Crippen LogP contribution in [-0.2, 0) is 14.8 Å². The van der Waals surface area contributed by atoms with E-state index in [0.29, 0.717) is 24.6 Å². The van der Waals surface area contributed by atoms with Gasteiger partial charge in [-0.1, -0.05) is 12.8 Å². The minimum Gasteiger partial charge on any atom is -0.493 e. The number of hydrogen-bond acceptors (Lipinski definition) is 5. The molecule has 1 atom stereocenters. The van der Waals surface area contributed by atoms with E-state index in [-0.39, 0.29) is 10.8 Å². The molecule has 1 unspecified atom stereocenters. The molecule has 1 amide bonds. The summed E-state index contributed by atoms with van der Waals surface area (Å²) in [5.41, 5.74) is 0. The molecule has 140 valence electrons. The van der Waals surface area contributed by atoms with Crippen molar-refractivity contribution in [3.8, 4) is 11.5 Å². The molecular formula is C17H26N2O5S. The first-order chi connectivity index (χ1) is 11.9. The third kappa shape index (κ3) is 4.85. The SMILES string of the molecule is COc1ccc(S(=O)(=O)NC(C)C(=O)N2CCCCCC2)cc1OC. The topological polar surface area (TPSA) is 84.9 Å². The third-order valence-corrected chi connectivity index (χ3v) is 5.82. The van der Waals surface area contributed by atoms with Crippen LogP contribution in [0, 0.1) is 0 Å². The monoisotopic (exact) mass is 370 g/mol. The van der Waals surface area contributed by atoms with Crippen LogP contribution in [0.1, 0.15) is 32.6 Å². The summed E-state index contributed by atoms with van der Waals surface area (Å²) in [5, 5.41) is 0. The summed E-state index contributed by atoms with van der Waals surface area (Å²) in [6.07, 6.45) is 4.13. The second kappa shape index (κ2) is 8.53. The number of methoxy groups -OCH3 is 2. The zero-order valence-corrected chi connectivity index (χ0v) is 15.8. The van der Waals surface area contributed by atoms with E-state index in [1.807, 2.05) is 0 Å². The highest BCUT2D eigenvalue weighted by Gasteiger charge is 2.27. The van der Waals surface area contributed by atoms with E-state index in [1.165, 1.54) is 32.4 Å². The number of nitrogens with one attached hydrogen (secondary N) is 1. The maximum atomic E-state index is 12.6. The molecule has 1 heterocycles. The zero-order valence-electron chi connectivity index (χ0n) is 14.9. The lowest BCUT2D eigenvalue weighted by Crippen LogP contribution is -2.47. The molecule has 8 heteroatoms. The van der Waals surface area contributed by atoms with Gasteiger partial charge in [0.2, 0.25) is 15.9 Å².